The number of carbonyl (C=O) groups excluding carboxylic acids is 2. The fourth-order valence-corrected chi connectivity index (χ4v) is 4.13. The second-order valence-corrected chi connectivity index (χ2v) is 7.65. The second-order valence-electron chi connectivity index (χ2n) is 6.30. The molecule has 1 atom stereocenters. The molecule has 2 heterocycles. The van der Waals surface area contributed by atoms with Gasteiger partial charge < -0.3 is 10.2 Å². The van der Waals surface area contributed by atoms with Crippen LogP contribution in [0, 0.1) is 5.92 Å². The molecule has 1 fully saturated rings. The van der Waals surface area contributed by atoms with E-state index in [9.17, 15) is 9.59 Å². The molecule has 2 amide bonds. The number of benzene rings is 1. The molecule has 1 aromatic carbocycles. The van der Waals surface area contributed by atoms with E-state index in [2.05, 4.69) is 5.32 Å². The van der Waals surface area contributed by atoms with Gasteiger partial charge in [0.25, 0.3) is 5.91 Å². The third kappa shape index (κ3) is 4.22. The molecule has 0 unspecified atom stereocenters. The summed E-state index contributed by atoms with van der Waals surface area (Å²) in [6.07, 6.45) is 1.39. The highest BCUT2D eigenvalue weighted by atomic mass is 35.5. The Morgan fingerprint density at radius 2 is 1.92 bits per heavy atom. The molecule has 0 spiro atoms. The van der Waals surface area contributed by atoms with E-state index >= 15 is 0 Å². The van der Waals surface area contributed by atoms with Crippen LogP contribution in [0.25, 0.3) is 0 Å². The summed E-state index contributed by atoms with van der Waals surface area (Å²) < 4.78 is 0. The van der Waals surface area contributed by atoms with Gasteiger partial charge in [0.2, 0.25) is 5.91 Å². The third-order valence-corrected chi connectivity index (χ3v) is 5.82. The van der Waals surface area contributed by atoms with Crippen LogP contribution in [0.5, 0.6) is 0 Å². The zero-order valence-corrected chi connectivity index (χ0v) is 15.6. The number of rotatable bonds is 4. The number of thiophene rings is 1. The molecule has 25 heavy (non-hydrogen) atoms. The first-order valence-corrected chi connectivity index (χ1v) is 9.69. The Labute approximate surface area is 156 Å². The summed E-state index contributed by atoms with van der Waals surface area (Å²) in [5, 5.41) is 5.62. The number of amides is 2. The van der Waals surface area contributed by atoms with Crippen LogP contribution in [0.15, 0.2) is 41.8 Å². The van der Waals surface area contributed by atoms with E-state index in [1.807, 2.05) is 53.6 Å². The lowest BCUT2D eigenvalue weighted by Crippen LogP contribution is -2.43. The number of nitrogens with one attached hydrogen (secondary N) is 1. The highest BCUT2D eigenvalue weighted by molar-refractivity contribution is 7.12. The van der Waals surface area contributed by atoms with Crippen molar-refractivity contribution in [1.29, 1.82) is 0 Å². The van der Waals surface area contributed by atoms with Gasteiger partial charge in [-0.3, -0.25) is 9.59 Å². The molecular formula is C19H21ClN2O2S. The molecule has 132 valence electrons. The Hall–Kier alpha value is -1.85. The van der Waals surface area contributed by atoms with Gasteiger partial charge in [0.1, 0.15) is 0 Å². The number of likely N-dealkylation sites (tertiary alicyclic amines) is 1. The summed E-state index contributed by atoms with van der Waals surface area (Å²) in [5.74, 6) is 0.0475. The van der Waals surface area contributed by atoms with Crippen molar-refractivity contribution in [2.75, 3.05) is 13.1 Å². The van der Waals surface area contributed by atoms with Crippen LogP contribution in [0.4, 0.5) is 0 Å². The monoisotopic (exact) mass is 376 g/mol. The summed E-state index contributed by atoms with van der Waals surface area (Å²) in [5.41, 5.74) is 0.919. The van der Waals surface area contributed by atoms with Crippen molar-refractivity contribution >= 4 is 34.8 Å². The van der Waals surface area contributed by atoms with Gasteiger partial charge in [0.15, 0.2) is 0 Å². The number of carbonyl (C=O) groups is 2. The van der Waals surface area contributed by atoms with Crippen molar-refractivity contribution in [3.8, 4) is 0 Å². The molecule has 2 aromatic rings. The first-order valence-electron chi connectivity index (χ1n) is 8.44. The van der Waals surface area contributed by atoms with Crippen LogP contribution >= 0.6 is 22.9 Å². The maximum absolute atomic E-state index is 12.5. The number of nitrogens with zero attached hydrogens (tertiary/aromatic N) is 1. The van der Waals surface area contributed by atoms with Gasteiger partial charge in [-0.25, -0.2) is 0 Å². The molecular weight excluding hydrogens is 356 g/mol. The van der Waals surface area contributed by atoms with Crippen molar-refractivity contribution in [2.24, 2.45) is 5.92 Å². The zero-order valence-electron chi connectivity index (χ0n) is 14.1. The lowest BCUT2D eigenvalue weighted by atomic mass is 9.95. The fourth-order valence-electron chi connectivity index (χ4n) is 3.14. The van der Waals surface area contributed by atoms with Crippen LogP contribution in [0.3, 0.4) is 0 Å². The highest BCUT2D eigenvalue weighted by Crippen LogP contribution is 2.25. The molecule has 3 rings (SSSR count). The standard InChI is InChI=1S/C19H21ClN2O2S/c1-13(15-5-2-3-6-16(15)20)21-18(23)14-8-10-22(11-9-14)19(24)17-7-4-12-25-17/h2-7,12-14H,8-11H2,1H3,(H,21,23)/t13-/m0/s1. The molecule has 4 nitrogen and oxygen atoms in total. The van der Waals surface area contributed by atoms with E-state index in [1.165, 1.54) is 11.3 Å². The normalized spacial score (nSPS) is 16.5. The summed E-state index contributed by atoms with van der Waals surface area (Å²) in [4.78, 5) is 27.5. The van der Waals surface area contributed by atoms with E-state index in [4.69, 9.17) is 11.6 Å². The van der Waals surface area contributed by atoms with E-state index in [0.29, 0.717) is 31.0 Å². The third-order valence-electron chi connectivity index (χ3n) is 4.62. The Balaban J connectivity index is 1.53. The topological polar surface area (TPSA) is 49.4 Å². The Bertz CT molecular complexity index is 740. The molecule has 1 aromatic heterocycles. The first kappa shape index (κ1) is 18.0. The number of hydrogen-bond acceptors (Lipinski definition) is 3. The van der Waals surface area contributed by atoms with Gasteiger partial charge in [0.05, 0.1) is 10.9 Å². The zero-order chi connectivity index (χ0) is 17.8. The van der Waals surface area contributed by atoms with Gasteiger partial charge in [-0.1, -0.05) is 35.9 Å². The van der Waals surface area contributed by atoms with Crippen LogP contribution in [-0.4, -0.2) is 29.8 Å². The molecule has 1 N–H and O–H groups in total. The van der Waals surface area contributed by atoms with Crippen LogP contribution < -0.4 is 5.32 Å². The molecule has 0 radical (unpaired) electrons. The molecule has 1 aliphatic rings. The van der Waals surface area contributed by atoms with Gasteiger partial charge in [-0.15, -0.1) is 11.3 Å². The summed E-state index contributed by atoms with van der Waals surface area (Å²) in [6.45, 7) is 3.18. The lowest BCUT2D eigenvalue weighted by molar-refractivity contribution is -0.126. The molecule has 0 bridgehead atoms. The molecule has 1 saturated heterocycles. The lowest BCUT2D eigenvalue weighted by Gasteiger charge is -2.31. The van der Waals surface area contributed by atoms with Crippen LogP contribution in [-0.2, 0) is 4.79 Å². The van der Waals surface area contributed by atoms with Crippen molar-refractivity contribution in [3.63, 3.8) is 0 Å². The van der Waals surface area contributed by atoms with Crippen molar-refractivity contribution in [3.05, 3.63) is 57.2 Å². The largest absolute Gasteiger partial charge is 0.349 e. The quantitative estimate of drug-likeness (QED) is 0.872. The van der Waals surface area contributed by atoms with Crippen molar-refractivity contribution in [1.82, 2.24) is 10.2 Å². The van der Waals surface area contributed by atoms with Gasteiger partial charge in [-0.05, 0) is 42.8 Å². The maximum Gasteiger partial charge on any atom is 0.263 e. The second kappa shape index (κ2) is 8.02. The van der Waals surface area contributed by atoms with Crippen LogP contribution in [0.2, 0.25) is 5.02 Å². The molecule has 0 aliphatic carbocycles. The van der Waals surface area contributed by atoms with Gasteiger partial charge in [-0.2, -0.15) is 0 Å². The fraction of sp³-hybridized carbons (Fsp3) is 0.368. The van der Waals surface area contributed by atoms with Gasteiger partial charge >= 0.3 is 0 Å². The van der Waals surface area contributed by atoms with E-state index in [0.717, 1.165) is 10.4 Å². The smallest absolute Gasteiger partial charge is 0.263 e. The maximum atomic E-state index is 12.5. The Kier molecular flexibility index (Phi) is 5.76. The Morgan fingerprint density at radius 3 is 2.56 bits per heavy atom. The van der Waals surface area contributed by atoms with Crippen LogP contribution in [0.1, 0.15) is 41.0 Å². The highest BCUT2D eigenvalue weighted by Gasteiger charge is 2.29. The number of halogens is 1. The minimum Gasteiger partial charge on any atom is -0.349 e. The summed E-state index contributed by atoms with van der Waals surface area (Å²) in [7, 11) is 0. The first-order chi connectivity index (χ1) is 12.1. The number of hydrogen-bond donors (Lipinski definition) is 1. The van der Waals surface area contributed by atoms with Crippen molar-refractivity contribution in [2.45, 2.75) is 25.8 Å². The molecule has 6 heteroatoms. The van der Waals surface area contributed by atoms with E-state index in [1.54, 1.807) is 0 Å². The minimum absolute atomic E-state index is 0.0376. The predicted molar refractivity (Wildman–Crippen MR) is 101 cm³/mol. The van der Waals surface area contributed by atoms with Gasteiger partial charge in [0, 0.05) is 24.0 Å². The Morgan fingerprint density at radius 1 is 1.20 bits per heavy atom. The SMILES string of the molecule is C[C@H](NC(=O)C1CCN(C(=O)c2cccs2)CC1)c1ccccc1Cl. The average Bonchev–Trinajstić information content (AvgIpc) is 3.16. The van der Waals surface area contributed by atoms with Crippen molar-refractivity contribution < 1.29 is 9.59 Å². The molecule has 1 aliphatic heterocycles. The number of piperidine rings is 1. The summed E-state index contributed by atoms with van der Waals surface area (Å²) >= 11 is 7.65. The summed E-state index contributed by atoms with van der Waals surface area (Å²) in [6, 6.07) is 11.1. The predicted octanol–water partition coefficient (Wildman–Crippen LogP) is 4.13. The minimum atomic E-state index is -0.132. The van der Waals surface area contributed by atoms with E-state index < -0.39 is 0 Å². The average molecular weight is 377 g/mol. The van der Waals surface area contributed by atoms with E-state index in [-0.39, 0.29) is 23.8 Å². The molecule has 0 saturated carbocycles.